The van der Waals surface area contributed by atoms with E-state index in [0.29, 0.717) is 10.6 Å². The van der Waals surface area contributed by atoms with E-state index in [4.69, 9.17) is 4.74 Å². The van der Waals surface area contributed by atoms with Crippen molar-refractivity contribution < 1.29 is 14.2 Å². The van der Waals surface area contributed by atoms with Crippen LogP contribution in [0.4, 0.5) is 4.39 Å². The minimum Gasteiger partial charge on any atom is -0.497 e. The van der Waals surface area contributed by atoms with Crippen LogP contribution in [-0.2, 0) is 5.60 Å². The summed E-state index contributed by atoms with van der Waals surface area (Å²) in [6.45, 7) is 1.59. The van der Waals surface area contributed by atoms with Crippen molar-refractivity contribution in [3.8, 4) is 5.75 Å². The predicted octanol–water partition coefficient (Wildman–Crippen LogP) is 3.15. The molecule has 1 aromatic heterocycles. The molecule has 2 aromatic rings. The second-order valence-electron chi connectivity index (χ2n) is 3.90. The summed E-state index contributed by atoms with van der Waals surface area (Å²) in [6.07, 6.45) is 0. The highest BCUT2D eigenvalue weighted by Crippen LogP contribution is 2.34. The zero-order chi connectivity index (χ0) is 12.5. The van der Waals surface area contributed by atoms with E-state index in [9.17, 15) is 9.50 Å². The number of benzene rings is 1. The molecule has 0 aliphatic carbocycles. The smallest absolute Gasteiger partial charge is 0.133 e. The Kier molecular flexibility index (Phi) is 3.17. The third kappa shape index (κ3) is 2.18. The molecule has 1 N–H and O–H groups in total. The monoisotopic (exact) mass is 252 g/mol. The number of aliphatic hydroxyl groups is 1. The van der Waals surface area contributed by atoms with E-state index >= 15 is 0 Å². The van der Waals surface area contributed by atoms with Crippen molar-refractivity contribution in [3.05, 3.63) is 52.0 Å². The number of methoxy groups -OCH3 is 1. The van der Waals surface area contributed by atoms with Gasteiger partial charge in [-0.3, -0.25) is 0 Å². The van der Waals surface area contributed by atoms with Gasteiger partial charge in [0.05, 0.1) is 7.11 Å². The zero-order valence-electron chi connectivity index (χ0n) is 9.61. The molecule has 90 valence electrons. The molecule has 0 spiro atoms. The van der Waals surface area contributed by atoms with Gasteiger partial charge in [-0.1, -0.05) is 6.07 Å². The van der Waals surface area contributed by atoms with E-state index in [0.717, 1.165) is 0 Å². The molecule has 1 heterocycles. The average Bonchev–Trinajstić information content (AvgIpc) is 2.82. The van der Waals surface area contributed by atoms with E-state index in [1.54, 1.807) is 25.1 Å². The molecule has 0 amide bonds. The first-order chi connectivity index (χ1) is 8.05. The zero-order valence-corrected chi connectivity index (χ0v) is 10.4. The molecule has 2 rings (SSSR count). The number of hydrogen-bond acceptors (Lipinski definition) is 3. The highest BCUT2D eigenvalue weighted by Gasteiger charge is 2.29. The minimum absolute atomic E-state index is 0.251. The minimum atomic E-state index is -1.31. The van der Waals surface area contributed by atoms with Gasteiger partial charge in [-0.05, 0) is 30.5 Å². The van der Waals surface area contributed by atoms with E-state index in [-0.39, 0.29) is 5.56 Å². The van der Waals surface area contributed by atoms with Gasteiger partial charge in [-0.25, -0.2) is 4.39 Å². The van der Waals surface area contributed by atoms with E-state index in [1.165, 1.54) is 24.5 Å². The van der Waals surface area contributed by atoms with Crippen LogP contribution in [0.25, 0.3) is 0 Å². The van der Waals surface area contributed by atoms with Crippen molar-refractivity contribution in [3.63, 3.8) is 0 Å². The maximum absolute atomic E-state index is 13.9. The Balaban J connectivity index is 2.46. The van der Waals surface area contributed by atoms with Gasteiger partial charge in [-0.15, -0.1) is 11.3 Å². The fraction of sp³-hybridized carbons (Fsp3) is 0.231. The SMILES string of the molecule is COc1ccc(C(C)(O)c2cccs2)c(F)c1. The molecule has 0 fully saturated rings. The van der Waals surface area contributed by atoms with Crippen LogP contribution in [0.3, 0.4) is 0 Å². The molecule has 1 unspecified atom stereocenters. The number of hydrogen-bond donors (Lipinski definition) is 1. The summed E-state index contributed by atoms with van der Waals surface area (Å²) >= 11 is 1.40. The first-order valence-corrected chi connectivity index (χ1v) is 6.04. The predicted molar refractivity (Wildman–Crippen MR) is 65.9 cm³/mol. The molecule has 0 bridgehead atoms. The second kappa shape index (κ2) is 4.47. The molecule has 0 aliphatic heterocycles. The number of thiophene rings is 1. The Morgan fingerprint density at radius 1 is 1.35 bits per heavy atom. The van der Waals surface area contributed by atoms with Crippen LogP contribution in [0.5, 0.6) is 5.75 Å². The van der Waals surface area contributed by atoms with Gasteiger partial charge < -0.3 is 9.84 Å². The Morgan fingerprint density at radius 3 is 2.65 bits per heavy atom. The fourth-order valence-corrected chi connectivity index (χ4v) is 2.51. The molecule has 0 saturated carbocycles. The lowest BCUT2D eigenvalue weighted by Gasteiger charge is -2.23. The normalized spacial score (nSPS) is 14.4. The number of ether oxygens (including phenoxy) is 1. The van der Waals surface area contributed by atoms with E-state index in [2.05, 4.69) is 0 Å². The van der Waals surface area contributed by atoms with Crippen LogP contribution >= 0.6 is 11.3 Å². The molecular weight excluding hydrogens is 239 g/mol. The molecule has 0 aliphatic rings. The Labute approximate surface area is 103 Å². The first-order valence-electron chi connectivity index (χ1n) is 5.16. The van der Waals surface area contributed by atoms with Gasteiger partial charge in [-0.2, -0.15) is 0 Å². The van der Waals surface area contributed by atoms with Crippen LogP contribution < -0.4 is 4.74 Å². The van der Waals surface area contributed by atoms with Gasteiger partial charge in [0, 0.05) is 16.5 Å². The van der Waals surface area contributed by atoms with Gasteiger partial charge >= 0.3 is 0 Å². The summed E-state index contributed by atoms with van der Waals surface area (Å²) in [5, 5.41) is 12.3. The highest BCUT2D eigenvalue weighted by atomic mass is 32.1. The lowest BCUT2D eigenvalue weighted by molar-refractivity contribution is 0.102. The van der Waals surface area contributed by atoms with Gasteiger partial charge in [0.2, 0.25) is 0 Å². The first kappa shape index (κ1) is 12.1. The topological polar surface area (TPSA) is 29.5 Å². The summed E-state index contributed by atoms with van der Waals surface area (Å²) in [5.41, 5.74) is -1.06. The third-order valence-corrected chi connectivity index (χ3v) is 3.78. The maximum Gasteiger partial charge on any atom is 0.133 e. The van der Waals surface area contributed by atoms with Crippen LogP contribution in [0.1, 0.15) is 17.4 Å². The average molecular weight is 252 g/mol. The maximum atomic E-state index is 13.9. The molecular formula is C13H13FO2S. The Hall–Kier alpha value is -1.39. The van der Waals surface area contributed by atoms with Crippen molar-refractivity contribution in [2.75, 3.05) is 7.11 Å². The largest absolute Gasteiger partial charge is 0.497 e. The molecule has 0 saturated heterocycles. The van der Waals surface area contributed by atoms with Gasteiger partial charge in [0.1, 0.15) is 17.2 Å². The van der Waals surface area contributed by atoms with E-state index in [1.807, 2.05) is 11.4 Å². The molecule has 2 nitrogen and oxygen atoms in total. The van der Waals surface area contributed by atoms with E-state index < -0.39 is 11.4 Å². The van der Waals surface area contributed by atoms with Crippen molar-refractivity contribution in [2.24, 2.45) is 0 Å². The fourth-order valence-electron chi connectivity index (χ4n) is 1.71. The summed E-state index contributed by atoms with van der Waals surface area (Å²) in [4.78, 5) is 0.710. The van der Waals surface area contributed by atoms with Crippen molar-refractivity contribution in [1.29, 1.82) is 0 Å². The van der Waals surface area contributed by atoms with Crippen molar-refractivity contribution in [2.45, 2.75) is 12.5 Å². The summed E-state index contributed by atoms with van der Waals surface area (Å²) < 4.78 is 18.8. The molecule has 1 aromatic carbocycles. The summed E-state index contributed by atoms with van der Waals surface area (Å²) in [6, 6.07) is 8.08. The molecule has 0 radical (unpaired) electrons. The second-order valence-corrected chi connectivity index (χ2v) is 4.84. The van der Waals surface area contributed by atoms with Gasteiger partial charge in [0.15, 0.2) is 0 Å². The Morgan fingerprint density at radius 2 is 2.12 bits per heavy atom. The summed E-state index contributed by atoms with van der Waals surface area (Å²) in [7, 11) is 1.48. The third-order valence-electron chi connectivity index (χ3n) is 2.70. The lowest BCUT2D eigenvalue weighted by Crippen LogP contribution is -2.22. The molecule has 1 atom stereocenters. The van der Waals surface area contributed by atoms with Crippen molar-refractivity contribution >= 4 is 11.3 Å². The Bertz CT molecular complexity index is 506. The van der Waals surface area contributed by atoms with Crippen LogP contribution in [0.2, 0.25) is 0 Å². The number of rotatable bonds is 3. The number of halogens is 1. The van der Waals surface area contributed by atoms with Crippen LogP contribution in [0.15, 0.2) is 35.7 Å². The standard InChI is InChI=1S/C13H13FO2S/c1-13(15,12-4-3-7-17-12)10-6-5-9(16-2)8-11(10)14/h3-8,15H,1-2H3. The van der Waals surface area contributed by atoms with Crippen LogP contribution in [-0.4, -0.2) is 12.2 Å². The molecule has 4 heteroatoms. The lowest BCUT2D eigenvalue weighted by atomic mass is 9.94. The van der Waals surface area contributed by atoms with Crippen molar-refractivity contribution in [1.82, 2.24) is 0 Å². The highest BCUT2D eigenvalue weighted by molar-refractivity contribution is 7.10. The summed E-state index contributed by atoms with van der Waals surface area (Å²) in [5.74, 6) is -0.0315. The quantitative estimate of drug-likeness (QED) is 0.909. The van der Waals surface area contributed by atoms with Gasteiger partial charge in [0.25, 0.3) is 0 Å². The van der Waals surface area contributed by atoms with Crippen LogP contribution in [0, 0.1) is 5.82 Å². The molecule has 17 heavy (non-hydrogen) atoms.